The van der Waals surface area contributed by atoms with Crippen LogP contribution in [0, 0.1) is 17.2 Å². The zero-order valence-corrected chi connectivity index (χ0v) is 12.1. The maximum absolute atomic E-state index is 11.7. The lowest BCUT2D eigenvalue weighted by Crippen LogP contribution is -2.32. The molecule has 1 rings (SSSR count). The first-order chi connectivity index (χ1) is 9.13. The molecule has 0 heterocycles. The summed E-state index contributed by atoms with van der Waals surface area (Å²) >= 11 is 0. The van der Waals surface area contributed by atoms with Crippen LogP contribution in [-0.4, -0.2) is 62.7 Å². The van der Waals surface area contributed by atoms with Gasteiger partial charge in [0.05, 0.1) is 19.1 Å². The van der Waals surface area contributed by atoms with E-state index in [1.165, 1.54) is 12.8 Å². The van der Waals surface area contributed by atoms with Gasteiger partial charge < -0.3 is 14.5 Å². The van der Waals surface area contributed by atoms with E-state index in [0.29, 0.717) is 19.4 Å². The number of carbonyl (C=O) groups is 1. The fourth-order valence-electron chi connectivity index (χ4n) is 1.69. The summed E-state index contributed by atoms with van der Waals surface area (Å²) in [5.41, 5.74) is 0. The lowest BCUT2D eigenvalue weighted by atomic mass is 10.3. The summed E-state index contributed by atoms with van der Waals surface area (Å²) in [5.74, 6) is 0.904. The fraction of sp³-hybridized carbons (Fsp3) is 0.857. The van der Waals surface area contributed by atoms with Crippen LogP contribution >= 0.6 is 0 Å². The van der Waals surface area contributed by atoms with Crippen molar-refractivity contribution in [3.8, 4) is 6.07 Å². The van der Waals surface area contributed by atoms with E-state index in [1.54, 1.807) is 11.9 Å². The lowest BCUT2D eigenvalue weighted by molar-refractivity contribution is -0.130. The Labute approximate surface area is 116 Å². The number of nitriles is 1. The number of ether oxygens (including phenoxy) is 1. The van der Waals surface area contributed by atoms with Crippen LogP contribution in [0.1, 0.15) is 25.7 Å². The molecule has 1 fully saturated rings. The third-order valence-corrected chi connectivity index (χ3v) is 3.36. The van der Waals surface area contributed by atoms with Gasteiger partial charge in [0, 0.05) is 39.7 Å². The second-order valence-electron chi connectivity index (χ2n) is 5.29. The molecular formula is C14H25N3O2. The molecule has 108 valence electrons. The van der Waals surface area contributed by atoms with Crippen LogP contribution < -0.4 is 0 Å². The summed E-state index contributed by atoms with van der Waals surface area (Å²) in [7, 11) is 3.75. The lowest BCUT2D eigenvalue weighted by Gasteiger charge is -2.19. The second kappa shape index (κ2) is 8.89. The number of likely N-dealkylation sites (N-methyl/N-ethyl adjacent to an activating group) is 1. The first kappa shape index (κ1) is 15.9. The Hall–Kier alpha value is -1.12. The van der Waals surface area contributed by atoms with Crippen LogP contribution in [0.15, 0.2) is 0 Å². The molecule has 1 amide bonds. The van der Waals surface area contributed by atoms with E-state index in [4.69, 9.17) is 10.00 Å². The van der Waals surface area contributed by atoms with Gasteiger partial charge in [-0.15, -0.1) is 0 Å². The normalized spacial score (nSPS) is 14.4. The van der Waals surface area contributed by atoms with Crippen molar-refractivity contribution in [3.05, 3.63) is 0 Å². The Morgan fingerprint density at radius 2 is 2.05 bits per heavy atom. The van der Waals surface area contributed by atoms with Gasteiger partial charge in [0.15, 0.2) is 0 Å². The van der Waals surface area contributed by atoms with E-state index < -0.39 is 0 Å². The highest BCUT2D eigenvalue weighted by atomic mass is 16.5. The van der Waals surface area contributed by atoms with Gasteiger partial charge in [-0.2, -0.15) is 5.26 Å². The molecule has 1 aliphatic rings. The highest BCUT2D eigenvalue weighted by Gasteiger charge is 2.20. The maximum atomic E-state index is 11.7. The second-order valence-corrected chi connectivity index (χ2v) is 5.29. The molecular weight excluding hydrogens is 242 g/mol. The maximum Gasteiger partial charge on any atom is 0.223 e. The summed E-state index contributed by atoms with van der Waals surface area (Å²) in [5, 5.41) is 8.47. The summed E-state index contributed by atoms with van der Waals surface area (Å²) in [6, 6.07) is 2.05. The number of nitrogens with zero attached hydrogens (tertiary/aromatic N) is 3. The van der Waals surface area contributed by atoms with Gasteiger partial charge in [-0.05, 0) is 25.8 Å². The van der Waals surface area contributed by atoms with E-state index in [1.807, 2.05) is 13.1 Å². The quantitative estimate of drug-likeness (QED) is 0.556. The summed E-state index contributed by atoms with van der Waals surface area (Å²) in [6.07, 6.45) is 3.53. The van der Waals surface area contributed by atoms with E-state index in [-0.39, 0.29) is 5.91 Å². The van der Waals surface area contributed by atoms with Gasteiger partial charge >= 0.3 is 0 Å². The minimum atomic E-state index is 0.0981. The van der Waals surface area contributed by atoms with Gasteiger partial charge in [0.1, 0.15) is 0 Å². The molecule has 19 heavy (non-hydrogen) atoms. The third kappa shape index (κ3) is 7.81. The molecule has 1 aliphatic carbocycles. The van der Waals surface area contributed by atoms with Crippen LogP contribution in [0.2, 0.25) is 0 Å². The standard InChI is InChI=1S/C14H25N3O2/c1-16(10-11-19-12-13-4-5-13)9-6-14(18)17(2)8-3-7-15/h13H,3-6,8-12H2,1-2H3. The van der Waals surface area contributed by atoms with Gasteiger partial charge in [-0.3, -0.25) is 4.79 Å². The van der Waals surface area contributed by atoms with Crippen LogP contribution in [0.3, 0.4) is 0 Å². The van der Waals surface area contributed by atoms with E-state index in [9.17, 15) is 4.79 Å². The van der Waals surface area contributed by atoms with Crippen LogP contribution in [0.25, 0.3) is 0 Å². The molecule has 5 nitrogen and oxygen atoms in total. The molecule has 0 aromatic heterocycles. The summed E-state index contributed by atoms with van der Waals surface area (Å²) in [6.45, 7) is 3.75. The van der Waals surface area contributed by atoms with Gasteiger partial charge in [0.2, 0.25) is 5.91 Å². The highest BCUT2D eigenvalue weighted by Crippen LogP contribution is 2.28. The first-order valence-electron chi connectivity index (χ1n) is 7.00. The Morgan fingerprint density at radius 1 is 1.32 bits per heavy atom. The third-order valence-electron chi connectivity index (χ3n) is 3.36. The van der Waals surface area contributed by atoms with Crippen LogP contribution in [0.4, 0.5) is 0 Å². The average molecular weight is 267 g/mol. The molecule has 0 aromatic carbocycles. The van der Waals surface area contributed by atoms with Crippen LogP contribution in [-0.2, 0) is 9.53 Å². The smallest absolute Gasteiger partial charge is 0.223 e. The van der Waals surface area contributed by atoms with Crippen molar-refractivity contribution >= 4 is 5.91 Å². The molecule has 0 bridgehead atoms. The molecule has 0 aliphatic heterocycles. The zero-order valence-electron chi connectivity index (χ0n) is 12.1. The summed E-state index contributed by atoms with van der Waals surface area (Å²) in [4.78, 5) is 15.5. The molecule has 1 saturated carbocycles. The predicted octanol–water partition coefficient (Wildman–Crippen LogP) is 1.11. The highest BCUT2D eigenvalue weighted by molar-refractivity contribution is 5.76. The SMILES string of the molecule is CN(CCOCC1CC1)CCC(=O)N(C)CCC#N. The van der Waals surface area contributed by atoms with Crippen molar-refractivity contribution in [3.63, 3.8) is 0 Å². The zero-order chi connectivity index (χ0) is 14.1. The van der Waals surface area contributed by atoms with Crippen molar-refractivity contribution in [1.82, 2.24) is 9.80 Å². The number of amides is 1. The van der Waals surface area contributed by atoms with Crippen molar-refractivity contribution in [1.29, 1.82) is 5.26 Å². The molecule has 0 saturated heterocycles. The van der Waals surface area contributed by atoms with E-state index in [0.717, 1.165) is 32.2 Å². The van der Waals surface area contributed by atoms with Gasteiger partial charge in [-0.25, -0.2) is 0 Å². The summed E-state index contributed by atoms with van der Waals surface area (Å²) < 4.78 is 5.56. The Bertz CT molecular complexity index is 310. The van der Waals surface area contributed by atoms with Crippen molar-refractivity contribution in [2.75, 3.05) is 46.9 Å². The van der Waals surface area contributed by atoms with E-state index >= 15 is 0 Å². The first-order valence-corrected chi connectivity index (χ1v) is 7.00. The Kier molecular flexibility index (Phi) is 7.46. The molecule has 0 spiro atoms. The number of rotatable bonds is 10. The Balaban J connectivity index is 1.99. The molecule has 5 heteroatoms. The average Bonchev–Trinajstić information content (AvgIpc) is 3.22. The molecule has 0 radical (unpaired) electrons. The fourth-order valence-corrected chi connectivity index (χ4v) is 1.69. The van der Waals surface area contributed by atoms with Crippen molar-refractivity contribution < 1.29 is 9.53 Å². The number of hydrogen-bond acceptors (Lipinski definition) is 4. The van der Waals surface area contributed by atoms with Crippen LogP contribution in [0.5, 0.6) is 0 Å². The number of hydrogen-bond donors (Lipinski definition) is 0. The monoisotopic (exact) mass is 267 g/mol. The van der Waals surface area contributed by atoms with Crippen molar-refractivity contribution in [2.24, 2.45) is 5.92 Å². The molecule has 0 unspecified atom stereocenters. The molecule has 0 N–H and O–H groups in total. The number of carbonyl (C=O) groups excluding carboxylic acids is 1. The molecule has 0 aromatic rings. The predicted molar refractivity (Wildman–Crippen MR) is 73.5 cm³/mol. The minimum Gasteiger partial charge on any atom is -0.380 e. The largest absolute Gasteiger partial charge is 0.380 e. The minimum absolute atomic E-state index is 0.0981. The molecule has 0 atom stereocenters. The topological polar surface area (TPSA) is 56.6 Å². The van der Waals surface area contributed by atoms with Gasteiger partial charge in [-0.1, -0.05) is 0 Å². The van der Waals surface area contributed by atoms with Crippen molar-refractivity contribution in [2.45, 2.75) is 25.7 Å². The Morgan fingerprint density at radius 3 is 2.68 bits per heavy atom. The van der Waals surface area contributed by atoms with Gasteiger partial charge in [0.25, 0.3) is 0 Å². The van der Waals surface area contributed by atoms with E-state index in [2.05, 4.69) is 4.90 Å².